The summed E-state index contributed by atoms with van der Waals surface area (Å²) in [6, 6.07) is 4.32. The molecule has 0 heterocycles. The Bertz CT molecular complexity index is 442. The first-order valence-corrected chi connectivity index (χ1v) is 5.56. The number of benzene rings is 1. The number of halogens is 2. The molecule has 1 aromatic rings. The molecule has 0 atom stereocenters. The lowest BCUT2D eigenvalue weighted by atomic mass is 9.97. The van der Waals surface area contributed by atoms with E-state index in [1.165, 1.54) is 19.2 Å². The van der Waals surface area contributed by atoms with Gasteiger partial charge in [-0.05, 0) is 23.6 Å². The van der Waals surface area contributed by atoms with Gasteiger partial charge in [0.2, 0.25) is 0 Å². The fraction of sp³-hybridized carbons (Fsp3) is 0.462. The van der Waals surface area contributed by atoms with E-state index < -0.39 is 23.9 Å². The van der Waals surface area contributed by atoms with Gasteiger partial charge in [0.15, 0.2) is 0 Å². The zero-order valence-electron chi connectivity index (χ0n) is 10.5. The minimum absolute atomic E-state index is 0.0208. The van der Waals surface area contributed by atoms with Crippen LogP contribution in [0.3, 0.4) is 0 Å². The summed E-state index contributed by atoms with van der Waals surface area (Å²) in [4.78, 5) is 10.4. The van der Waals surface area contributed by atoms with Gasteiger partial charge in [-0.1, -0.05) is 19.9 Å². The fourth-order valence-corrected chi connectivity index (χ4v) is 1.65. The van der Waals surface area contributed by atoms with Crippen LogP contribution in [0.15, 0.2) is 18.2 Å². The van der Waals surface area contributed by atoms with Crippen molar-refractivity contribution in [3.63, 3.8) is 0 Å². The molecule has 0 aliphatic rings. The smallest absolute Gasteiger partial charge is 0.309 e. The Morgan fingerprint density at radius 1 is 1.44 bits per heavy atom. The topological polar surface area (TPSA) is 46.5 Å². The first-order valence-electron chi connectivity index (χ1n) is 5.56. The van der Waals surface area contributed by atoms with Gasteiger partial charge in [0.05, 0.1) is 12.7 Å². The standard InChI is InChI=1S/C13H16F2O3/c1-8(2)9-4-5-10(11(6-9)18-3)13(14,15)7-12(16)17/h4-6,8H,7H2,1-3H3,(H,16,17). The second-order valence-electron chi connectivity index (χ2n) is 4.39. The van der Waals surface area contributed by atoms with E-state index in [-0.39, 0.29) is 11.7 Å². The van der Waals surface area contributed by atoms with Crippen LogP contribution in [0.2, 0.25) is 0 Å². The number of ether oxygens (including phenoxy) is 1. The van der Waals surface area contributed by atoms with Crippen LogP contribution in [0.25, 0.3) is 0 Å². The van der Waals surface area contributed by atoms with Gasteiger partial charge in [0.25, 0.3) is 5.92 Å². The highest BCUT2D eigenvalue weighted by atomic mass is 19.3. The lowest BCUT2D eigenvalue weighted by Gasteiger charge is -2.19. The van der Waals surface area contributed by atoms with E-state index in [9.17, 15) is 13.6 Å². The lowest BCUT2D eigenvalue weighted by molar-refractivity contribution is -0.145. The Hall–Kier alpha value is -1.65. The van der Waals surface area contributed by atoms with Gasteiger partial charge in [0, 0.05) is 0 Å². The van der Waals surface area contributed by atoms with E-state index in [1.807, 2.05) is 13.8 Å². The van der Waals surface area contributed by atoms with Crippen LogP contribution >= 0.6 is 0 Å². The van der Waals surface area contributed by atoms with E-state index in [2.05, 4.69) is 0 Å². The Morgan fingerprint density at radius 2 is 2.06 bits per heavy atom. The molecule has 0 amide bonds. The second-order valence-corrected chi connectivity index (χ2v) is 4.39. The fourth-order valence-electron chi connectivity index (χ4n) is 1.65. The molecule has 0 aliphatic heterocycles. The normalized spacial score (nSPS) is 11.7. The first kappa shape index (κ1) is 14.4. The van der Waals surface area contributed by atoms with Crippen molar-refractivity contribution in [2.75, 3.05) is 7.11 Å². The largest absolute Gasteiger partial charge is 0.496 e. The van der Waals surface area contributed by atoms with Crippen molar-refractivity contribution in [3.05, 3.63) is 29.3 Å². The van der Waals surface area contributed by atoms with Gasteiger partial charge in [-0.2, -0.15) is 0 Å². The number of carboxylic acids is 1. The van der Waals surface area contributed by atoms with Gasteiger partial charge >= 0.3 is 5.97 Å². The van der Waals surface area contributed by atoms with Gasteiger partial charge in [-0.15, -0.1) is 0 Å². The third kappa shape index (κ3) is 3.18. The van der Waals surface area contributed by atoms with Crippen molar-refractivity contribution in [3.8, 4) is 5.75 Å². The van der Waals surface area contributed by atoms with Crippen LogP contribution in [0.5, 0.6) is 5.75 Å². The Labute approximate surface area is 104 Å². The predicted octanol–water partition coefficient (Wildman–Crippen LogP) is 3.39. The van der Waals surface area contributed by atoms with Crippen LogP contribution in [-0.4, -0.2) is 18.2 Å². The van der Waals surface area contributed by atoms with Crippen molar-refractivity contribution >= 4 is 5.97 Å². The number of alkyl halides is 2. The molecule has 5 heteroatoms. The summed E-state index contributed by atoms with van der Waals surface area (Å²) in [5, 5.41) is 8.50. The maximum absolute atomic E-state index is 13.7. The molecule has 3 nitrogen and oxygen atoms in total. The molecule has 0 spiro atoms. The van der Waals surface area contributed by atoms with Crippen molar-refractivity contribution in [2.45, 2.75) is 32.1 Å². The molecule has 1 aromatic carbocycles. The lowest BCUT2D eigenvalue weighted by Crippen LogP contribution is -2.19. The number of carboxylic acid groups (broad SMARTS) is 1. The molecular weight excluding hydrogens is 242 g/mol. The summed E-state index contributed by atoms with van der Waals surface area (Å²) in [6.07, 6.45) is -1.25. The number of carbonyl (C=O) groups is 1. The molecule has 0 aliphatic carbocycles. The molecule has 0 saturated carbocycles. The third-order valence-electron chi connectivity index (χ3n) is 2.66. The molecule has 0 fully saturated rings. The molecule has 0 bridgehead atoms. The predicted molar refractivity (Wildman–Crippen MR) is 63.2 cm³/mol. The maximum Gasteiger partial charge on any atom is 0.309 e. The molecular formula is C13H16F2O3. The third-order valence-corrected chi connectivity index (χ3v) is 2.66. The highest BCUT2D eigenvalue weighted by Gasteiger charge is 2.37. The van der Waals surface area contributed by atoms with E-state index in [4.69, 9.17) is 9.84 Å². The highest BCUT2D eigenvalue weighted by Crippen LogP contribution is 2.39. The molecule has 0 aromatic heterocycles. The van der Waals surface area contributed by atoms with Crippen LogP contribution < -0.4 is 4.74 Å². The number of aliphatic carboxylic acids is 1. The average molecular weight is 258 g/mol. The molecule has 100 valence electrons. The quantitative estimate of drug-likeness (QED) is 0.880. The molecule has 0 radical (unpaired) electrons. The van der Waals surface area contributed by atoms with Gasteiger partial charge in [-0.3, -0.25) is 4.79 Å². The van der Waals surface area contributed by atoms with Crippen LogP contribution in [-0.2, 0) is 10.7 Å². The summed E-state index contributed by atoms with van der Waals surface area (Å²) in [5.74, 6) is -4.78. The van der Waals surface area contributed by atoms with Crippen LogP contribution in [0, 0.1) is 0 Å². The SMILES string of the molecule is COc1cc(C(C)C)ccc1C(F)(F)CC(=O)O. The summed E-state index contributed by atoms with van der Waals surface area (Å²) in [7, 11) is 1.29. The summed E-state index contributed by atoms with van der Waals surface area (Å²) < 4.78 is 32.4. The summed E-state index contributed by atoms with van der Waals surface area (Å²) in [6.45, 7) is 3.87. The zero-order chi connectivity index (χ0) is 13.9. The number of rotatable bonds is 5. The molecule has 1 N–H and O–H groups in total. The van der Waals surface area contributed by atoms with E-state index >= 15 is 0 Å². The van der Waals surface area contributed by atoms with Gasteiger partial charge in [-0.25, -0.2) is 8.78 Å². The van der Waals surface area contributed by atoms with Crippen molar-refractivity contribution in [1.82, 2.24) is 0 Å². The Morgan fingerprint density at radius 3 is 2.50 bits per heavy atom. The van der Waals surface area contributed by atoms with Crippen molar-refractivity contribution in [1.29, 1.82) is 0 Å². The number of hydrogen-bond donors (Lipinski definition) is 1. The average Bonchev–Trinajstić information content (AvgIpc) is 2.26. The summed E-state index contributed by atoms with van der Waals surface area (Å²) in [5.41, 5.74) is 0.471. The minimum atomic E-state index is -3.44. The van der Waals surface area contributed by atoms with E-state index in [0.717, 1.165) is 5.56 Å². The van der Waals surface area contributed by atoms with Gasteiger partial charge < -0.3 is 9.84 Å². The Kier molecular flexibility index (Phi) is 4.27. The van der Waals surface area contributed by atoms with E-state index in [1.54, 1.807) is 6.07 Å². The number of methoxy groups -OCH3 is 1. The molecule has 1 rings (SSSR count). The van der Waals surface area contributed by atoms with Gasteiger partial charge in [0.1, 0.15) is 12.2 Å². The molecule has 0 saturated heterocycles. The first-order chi connectivity index (χ1) is 8.27. The van der Waals surface area contributed by atoms with Crippen LogP contribution in [0.4, 0.5) is 8.78 Å². The monoisotopic (exact) mass is 258 g/mol. The maximum atomic E-state index is 13.7. The van der Waals surface area contributed by atoms with E-state index in [0.29, 0.717) is 0 Å². The molecule has 0 unspecified atom stereocenters. The minimum Gasteiger partial charge on any atom is -0.496 e. The van der Waals surface area contributed by atoms with Crippen molar-refractivity contribution < 1.29 is 23.4 Å². The van der Waals surface area contributed by atoms with Crippen molar-refractivity contribution in [2.24, 2.45) is 0 Å². The summed E-state index contributed by atoms with van der Waals surface area (Å²) >= 11 is 0. The zero-order valence-corrected chi connectivity index (χ0v) is 10.5. The second kappa shape index (κ2) is 5.33. The van der Waals surface area contributed by atoms with Crippen LogP contribution in [0.1, 0.15) is 37.3 Å². The highest BCUT2D eigenvalue weighted by molar-refractivity contribution is 5.68. The Balaban J connectivity index is 3.20. The number of hydrogen-bond acceptors (Lipinski definition) is 2. The molecule has 18 heavy (non-hydrogen) atoms.